The number of fused-ring (bicyclic) bond motifs is 2. The van der Waals surface area contributed by atoms with Crippen LogP contribution in [0.4, 0.5) is 0 Å². The lowest BCUT2D eigenvalue weighted by molar-refractivity contribution is 0.308. The second kappa shape index (κ2) is 9.72. The van der Waals surface area contributed by atoms with Gasteiger partial charge in [0.2, 0.25) is 0 Å². The first-order valence-corrected chi connectivity index (χ1v) is 10.7. The Bertz CT molecular complexity index is 897. The molecule has 138 valence electrons. The van der Waals surface area contributed by atoms with Crippen LogP contribution < -0.4 is 10.2 Å². The first kappa shape index (κ1) is 18.9. The summed E-state index contributed by atoms with van der Waals surface area (Å²) in [5.74, 6) is 0.846. The molecule has 1 heterocycles. The normalized spacial score (nSPS) is 11.3. The van der Waals surface area contributed by atoms with Gasteiger partial charge in [0, 0.05) is 15.5 Å². The average Bonchev–Trinajstić information content (AvgIpc) is 2.67. The zero-order chi connectivity index (χ0) is 18.2. The number of rotatable bonds is 10. The van der Waals surface area contributed by atoms with Gasteiger partial charge >= 0.3 is 0 Å². The van der Waals surface area contributed by atoms with Crippen LogP contribution in [0.15, 0.2) is 47.3 Å². The summed E-state index contributed by atoms with van der Waals surface area (Å²) in [6, 6.07) is 13.6. The predicted octanol–water partition coefficient (Wildman–Crippen LogP) is 6.93. The van der Waals surface area contributed by atoms with E-state index in [2.05, 4.69) is 6.92 Å². The minimum atomic E-state index is 0.104. The van der Waals surface area contributed by atoms with Crippen molar-refractivity contribution in [3.63, 3.8) is 0 Å². The van der Waals surface area contributed by atoms with Gasteiger partial charge in [-0.05, 0) is 30.7 Å². The van der Waals surface area contributed by atoms with E-state index in [-0.39, 0.29) is 5.43 Å². The van der Waals surface area contributed by atoms with Gasteiger partial charge in [-0.25, -0.2) is 0 Å². The van der Waals surface area contributed by atoms with Crippen molar-refractivity contribution in [2.75, 3.05) is 6.61 Å². The van der Waals surface area contributed by atoms with E-state index in [1.54, 1.807) is 11.3 Å². The molecule has 0 saturated carbocycles. The minimum Gasteiger partial charge on any atom is -0.492 e. The molecule has 0 radical (unpaired) electrons. The molecule has 0 aliphatic rings. The summed E-state index contributed by atoms with van der Waals surface area (Å²) >= 11 is 1.65. The number of ether oxygens (including phenoxy) is 1. The van der Waals surface area contributed by atoms with Crippen LogP contribution >= 0.6 is 11.3 Å². The Kier molecular flexibility index (Phi) is 7.07. The Balaban J connectivity index is 1.59. The van der Waals surface area contributed by atoms with Crippen molar-refractivity contribution in [2.24, 2.45) is 0 Å². The molecule has 0 aliphatic carbocycles. The molecule has 0 aliphatic heterocycles. The summed E-state index contributed by atoms with van der Waals surface area (Å²) in [5, 5.41) is 1.56. The molecule has 2 aromatic carbocycles. The highest BCUT2D eigenvalue weighted by Gasteiger charge is 2.09. The van der Waals surface area contributed by atoms with Gasteiger partial charge in [-0.1, -0.05) is 70.1 Å². The van der Waals surface area contributed by atoms with Crippen LogP contribution in [0.2, 0.25) is 0 Å². The van der Waals surface area contributed by atoms with Gasteiger partial charge in [0.25, 0.3) is 0 Å². The first-order valence-electron chi connectivity index (χ1n) is 9.88. The van der Waals surface area contributed by atoms with E-state index in [4.69, 9.17) is 4.74 Å². The Hall–Kier alpha value is -1.87. The van der Waals surface area contributed by atoms with E-state index in [0.29, 0.717) is 0 Å². The maximum atomic E-state index is 12.7. The van der Waals surface area contributed by atoms with Crippen LogP contribution in [0.5, 0.6) is 5.75 Å². The highest BCUT2D eigenvalue weighted by Crippen LogP contribution is 2.32. The molecule has 0 saturated heterocycles. The van der Waals surface area contributed by atoms with Gasteiger partial charge in [-0.15, -0.1) is 11.3 Å². The van der Waals surface area contributed by atoms with Gasteiger partial charge in [-0.3, -0.25) is 4.79 Å². The number of hydrogen-bond acceptors (Lipinski definition) is 3. The maximum Gasteiger partial charge on any atom is 0.196 e. The van der Waals surface area contributed by atoms with E-state index in [0.717, 1.165) is 38.9 Å². The van der Waals surface area contributed by atoms with Crippen molar-refractivity contribution in [3.05, 3.63) is 52.7 Å². The summed E-state index contributed by atoms with van der Waals surface area (Å²) in [5.41, 5.74) is 0.104. The zero-order valence-corrected chi connectivity index (χ0v) is 16.4. The van der Waals surface area contributed by atoms with E-state index < -0.39 is 0 Å². The third-order valence-electron chi connectivity index (χ3n) is 4.82. The fourth-order valence-corrected chi connectivity index (χ4v) is 4.47. The lowest BCUT2D eigenvalue weighted by Crippen LogP contribution is -2.03. The molecule has 0 bridgehead atoms. The van der Waals surface area contributed by atoms with Gasteiger partial charge in [0.15, 0.2) is 5.43 Å². The number of benzene rings is 2. The van der Waals surface area contributed by atoms with Crippen LogP contribution in [-0.4, -0.2) is 6.61 Å². The van der Waals surface area contributed by atoms with E-state index in [9.17, 15) is 4.79 Å². The quantitative estimate of drug-likeness (QED) is 0.286. The third-order valence-corrected chi connectivity index (χ3v) is 6.02. The van der Waals surface area contributed by atoms with E-state index >= 15 is 0 Å². The molecule has 0 spiro atoms. The SMILES string of the molecule is CCCCCCCCCCOc1cccc2c(=O)c3ccccc3sc12. The summed E-state index contributed by atoms with van der Waals surface area (Å²) in [6.07, 6.45) is 10.3. The van der Waals surface area contributed by atoms with Crippen LogP contribution in [0.3, 0.4) is 0 Å². The minimum absolute atomic E-state index is 0.104. The Morgan fingerprint density at radius 1 is 0.808 bits per heavy atom. The number of unbranched alkanes of at least 4 members (excludes halogenated alkanes) is 7. The summed E-state index contributed by atoms with van der Waals surface area (Å²) in [6.45, 7) is 2.98. The molecule has 3 heteroatoms. The second-order valence-electron chi connectivity index (χ2n) is 6.88. The maximum absolute atomic E-state index is 12.7. The molecule has 26 heavy (non-hydrogen) atoms. The highest BCUT2D eigenvalue weighted by atomic mass is 32.1. The summed E-state index contributed by atoms with van der Waals surface area (Å²) < 4.78 is 8.03. The Morgan fingerprint density at radius 2 is 1.50 bits per heavy atom. The van der Waals surface area contributed by atoms with E-state index in [1.165, 1.54) is 44.9 Å². The number of hydrogen-bond donors (Lipinski definition) is 0. The third kappa shape index (κ3) is 4.64. The molecular formula is C23H28O2S. The van der Waals surface area contributed by atoms with Crippen LogP contribution in [0.25, 0.3) is 20.2 Å². The van der Waals surface area contributed by atoms with E-state index in [1.807, 2.05) is 42.5 Å². The van der Waals surface area contributed by atoms with Crippen molar-refractivity contribution in [2.45, 2.75) is 58.3 Å². The molecule has 0 N–H and O–H groups in total. The molecule has 0 atom stereocenters. The molecule has 0 fully saturated rings. The lowest BCUT2D eigenvalue weighted by atomic mass is 10.1. The predicted molar refractivity (Wildman–Crippen MR) is 114 cm³/mol. The van der Waals surface area contributed by atoms with Crippen molar-refractivity contribution >= 4 is 31.5 Å². The molecule has 2 nitrogen and oxygen atoms in total. The van der Waals surface area contributed by atoms with Gasteiger partial charge in [-0.2, -0.15) is 0 Å². The smallest absolute Gasteiger partial charge is 0.196 e. The molecular weight excluding hydrogens is 340 g/mol. The summed E-state index contributed by atoms with van der Waals surface area (Å²) in [7, 11) is 0. The second-order valence-corrected chi connectivity index (χ2v) is 7.94. The van der Waals surface area contributed by atoms with Crippen LogP contribution in [0.1, 0.15) is 58.3 Å². The van der Waals surface area contributed by atoms with Gasteiger partial charge < -0.3 is 4.74 Å². The molecule has 1 aromatic heterocycles. The van der Waals surface area contributed by atoms with Crippen LogP contribution in [-0.2, 0) is 0 Å². The molecule has 3 rings (SSSR count). The molecule has 3 aromatic rings. The fraction of sp³-hybridized carbons (Fsp3) is 0.435. The largest absolute Gasteiger partial charge is 0.492 e. The van der Waals surface area contributed by atoms with Crippen molar-refractivity contribution in [1.29, 1.82) is 0 Å². The fourth-order valence-electron chi connectivity index (χ4n) is 3.33. The van der Waals surface area contributed by atoms with Gasteiger partial charge in [0.05, 0.1) is 11.3 Å². The Morgan fingerprint density at radius 3 is 2.31 bits per heavy atom. The van der Waals surface area contributed by atoms with Gasteiger partial charge in [0.1, 0.15) is 5.75 Å². The van der Waals surface area contributed by atoms with Crippen molar-refractivity contribution < 1.29 is 4.74 Å². The first-order chi connectivity index (χ1) is 12.8. The zero-order valence-electron chi connectivity index (χ0n) is 15.6. The molecule has 0 unspecified atom stereocenters. The van der Waals surface area contributed by atoms with Crippen molar-refractivity contribution in [3.8, 4) is 5.75 Å². The van der Waals surface area contributed by atoms with Crippen molar-refractivity contribution in [1.82, 2.24) is 0 Å². The highest BCUT2D eigenvalue weighted by molar-refractivity contribution is 7.24. The molecule has 0 amide bonds. The standard InChI is InChI=1S/C23H28O2S/c1-2-3-4-5-6-7-8-11-17-25-20-15-12-14-19-22(24)18-13-9-10-16-21(18)26-23(19)20/h9-10,12-16H,2-8,11,17H2,1H3. The Labute approximate surface area is 159 Å². The summed E-state index contributed by atoms with van der Waals surface area (Å²) in [4.78, 5) is 12.7. The topological polar surface area (TPSA) is 26.3 Å². The lowest BCUT2D eigenvalue weighted by Gasteiger charge is -2.09. The average molecular weight is 369 g/mol. The monoisotopic (exact) mass is 368 g/mol. The van der Waals surface area contributed by atoms with Crippen LogP contribution in [0, 0.1) is 0 Å².